The van der Waals surface area contributed by atoms with Gasteiger partial charge >= 0.3 is 0 Å². The molecule has 0 heterocycles. The molecule has 0 aliphatic heterocycles. The first-order valence-electron chi connectivity index (χ1n) is 7.27. The maximum Gasteiger partial charge on any atom is 0.118 e. The van der Waals surface area contributed by atoms with Gasteiger partial charge in [-0.15, -0.1) is 11.8 Å². The van der Waals surface area contributed by atoms with E-state index in [1.807, 2.05) is 23.9 Å². The molecule has 112 valence electrons. The largest absolute Gasteiger partial charge is 0.497 e. The van der Waals surface area contributed by atoms with Gasteiger partial charge in [-0.25, -0.2) is 0 Å². The third-order valence-electron chi connectivity index (χ3n) is 3.55. The van der Waals surface area contributed by atoms with Gasteiger partial charge in [0.2, 0.25) is 0 Å². The molecule has 0 aromatic heterocycles. The second-order valence-corrected chi connectivity index (χ2v) is 6.42. The van der Waals surface area contributed by atoms with E-state index in [-0.39, 0.29) is 11.3 Å². The van der Waals surface area contributed by atoms with Crippen LogP contribution in [0.2, 0.25) is 0 Å². The average Bonchev–Trinajstić information content (AvgIpc) is 2.52. The number of hydrogen-bond acceptors (Lipinski definition) is 3. The molecule has 0 amide bonds. The second kappa shape index (κ2) is 7.53. The molecule has 2 aromatic carbocycles. The third kappa shape index (κ3) is 4.26. The van der Waals surface area contributed by atoms with Crippen LogP contribution in [-0.4, -0.2) is 13.2 Å². The predicted molar refractivity (Wildman–Crippen MR) is 91.0 cm³/mol. The van der Waals surface area contributed by atoms with E-state index in [1.54, 1.807) is 7.11 Å². The fourth-order valence-electron chi connectivity index (χ4n) is 2.26. The Kier molecular flexibility index (Phi) is 5.71. The van der Waals surface area contributed by atoms with Gasteiger partial charge in [-0.05, 0) is 43.2 Å². The van der Waals surface area contributed by atoms with Crippen molar-refractivity contribution in [3.8, 4) is 5.75 Å². The molecule has 0 saturated heterocycles. The van der Waals surface area contributed by atoms with Crippen molar-refractivity contribution in [1.82, 2.24) is 0 Å². The van der Waals surface area contributed by atoms with E-state index in [0.29, 0.717) is 0 Å². The normalized spacial score (nSPS) is 13.7. The minimum atomic E-state index is 0.138. The summed E-state index contributed by atoms with van der Waals surface area (Å²) in [6.07, 6.45) is 0.960. The molecule has 2 rings (SSSR count). The van der Waals surface area contributed by atoms with E-state index < -0.39 is 0 Å². The summed E-state index contributed by atoms with van der Waals surface area (Å²) in [6, 6.07) is 16.9. The molecule has 0 aliphatic carbocycles. The Morgan fingerprint density at radius 1 is 1.14 bits per heavy atom. The Balaban J connectivity index is 2.23. The number of rotatable bonds is 6. The van der Waals surface area contributed by atoms with Crippen LogP contribution in [0.1, 0.15) is 29.7 Å². The van der Waals surface area contributed by atoms with Crippen molar-refractivity contribution in [2.75, 3.05) is 7.11 Å². The molecule has 21 heavy (non-hydrogen) atoms. The SMILES string of the molecule is CCC(N)C(Sc1ccc(OC)cc1)c1cccc(C)c1. The number of benzene rings is 2. The van der Waals surface area contributed by atoms with Crippen molar-refractivity contribution in [3.63, 3.8) is 0 Å². The molecule has 2 unspecified atom stereocenters. The van der Waals surface area contributed by atoms with Gasteiger partial charge in [-0.2, -0.15) is 0 Å². The van der Waals surface area contributed by atoms with Gasteiger partial charge in [0, 0.05) is 16.2 Å². The lowest BCUT2D eigenvalue weighted by Gasteiger charge is -2.23. The first-order valence-corrected chi connectivity index (χ1v) is 8.15. The Hall–Kier alpha value is -1.45. The molecular weight excluding hydrogens is 278 g/mol. The van der Waals surface area contributed by atoms with Crippen LogP contribution in [0.4, 0.5) is 0 Å². The number of hydrogen-bond donors (Lipinski definition) is 1. The molecule has 3 heteroatoms. The average molecular weight is 301 g/mol. The summed E-state index contributed by atoms with van der Waals surface area (Å²) >= 11 is 1.82. The van der Waals surface area contributed by atoms with Crippen LogP contribution in [0.25, 0.3) is 0 Å². The van der Waals surface area contributed by atoms with Crippen LogP contribution in [-0.2, 0) is 0 Å². The lowest BCUT2D eigenvalue weighted by Crippen LogP contribution is -2.25. The summed E-state index contributed by atoms with van der Waals surface area (Å²) in [6.45, 7) is 4.26. The van der Waals surface area contributed by atoms with Gasteiger partial charge in [0.25, 0.3) is 0 Å². The molecule has 2 nitrogen and oxygen atoms in total. The van der Waals surface area contributed by atoms with Gasteiger partial charge in [-0.3, -0.25) is 0 Å². The standard InChI is InChI=1S/C18H23NOS/c1-4-17(19)18(14-7-5-6-13(2)12-14)21-16-10-8-15(20-3)9-11-16/h5-12,17-18H,4,19H2,1-3H3. The molecule has 0 spiro atoms. The van der Waals surface area contributed by atoms with Crippen molar-refractivity contribution in [2.45, 2.75) is 36.5 Å². The lowest BCUT2D eigenvalue weighted by atomic mass is 10.0. The van der Waals surface area contributed by atoms with Gasteiger partial charge in [0.1, 0.15) is 5.75 Å². The molecule has 0 fully saturated rings. The van der Waals surface area contributed by atoms with Gasteiger partial charge in [0.05, 0.1) is 7.11 Å². The predicted octanol–water partition coefficient (Wildman–Crippen LogP) is 4.57. The highest BCUT2D eigenvalue weighted by Crippen LogP contribution is 2.38. The number of ether oxygens (including phenoxy) is 1. The maximum absolute atomic E-state index is 6.36. The quantitative estimate of drug-likeness (QED) is 0.794. The highest BCUT2D eigenvalue weighted by atomic mass is 32.2. The first-order chi connectivity index (χ1) is 10.1. The molecule has 2 aromatic rings. The maximum atomic E-state index is 6.36. The zero-order chi connectivity index (χ0) is 15.2. The Morgan fingerprint density at radius 2 is 1.86 bits per heavy atom. The first kappa shape index (κ1) is 15.9. The number of nitrogens with two attached hydrogens (primary N) is 1. The zero-order valence-electron chi connectivity index (χ0n) is 12.9. The summed E-state index contributed by atoms with van der Waals surface area (Å²) in [4.78, 5) is 1.21. The van der Waals surface area contributed by atoms with Gasteiger partial charge < -0.3 is 10.5 Å². The monoisotopic (exact) mass is 301 g/mol. The number of methoxy groups -OCH3 is 1. The smallest absolute Gasteiger partial charge is 0.118 e. The van der Waals surface area contributed by atoms with Crippen LogP contribution >= 0.6 is 11.8 Å². The highest BCUT2D eigenvalue weighted by Gasteiger charge is 2.20. The molecule has 2 atom stereocenters. The van der Waals surface area contributed by atoms with Gasteiger partial charge in [0.15, 0.2) is 0 Å². The van der Waals surface area contributed by atoms with E-state index in [9.17, 15) is 0 Å². The molecule has 0 saturated carbocycles. The van der Waals surface area contributed by atoms with Crippen molar-refractivity contribution in [2.24, 2.45) is 5.73 Å². The topological polar surface area (TPSA) is 35.2 Å². The van der Waals surface area contributed by atoms with E-state index >= 15 is 0 Å². The van der Waals surface area contributed by atoms with E-state index in [4.69, 9.17) is 10.5 Å². The summed E-state index contributed by atoms with van der Waals surface area (Å²) in [7, 11) is 1.69. The van der Waals surface area contributed by atoms with Gasteiger partial charge in [-0.1, -0.05) is 36.8 Å². The van der Waals surface area contributed by atoms with E-state index in [1.165, 1.54) is 16.0 Å². The van der Waals surface area contributed by atoms with Crippen LogP contribution in [0, 0.1) is 6.92 Å². The fraction of sp³-hybridized carbons (Fsp3) is 0.333. The Bertz CT molecular complexity index is 568. The summed E-state index contributed by atoms with van der Waals surface area (Å²) < 4.78 is 5.21. The third-order valence-corrected chi connectivity index (χ3v) is 4.97. The minimum Gasteiger partial charge on any atom is -0.497 e. The molecule has 2 N–H and O–H groups in total. The van der Waals surface area contributed by atoms with Crippen LogP contribution in [0.3, 0.4) is 0 Å². The zero-order valence-corrected chi connectivity index (χ0v) is 13.7. The molecule has 0 radical (unpaired) electrons. The molecule has 0 bridgehead atoms. The molecule has 0 aliphatic rings. The van der Waals surface area contributed by atoms with E-state index in [2.05, 4.69) is 50.2 Å². The van der Waals surface area contributed by atoms with Crippen molar-refractivity contribution >= 4 is 11.8 Å². The van der Waals surface area contributed by atoms with Crippen molar-refractivity contribution in [1.29, 1.82) is 0 Å². The van der Waals surface area contributed by atoms with Crippen LogP contribution in [0.5, 0.6) is 5.75 Å². The highest BCUT2D eigenvalue weighted by molar-refractivity contribution is 7.99. The van der Waals surface area contributed by atoms with Crippen molar-refractivity contribution in [3.05, 3.63) is 59.7 Å². The summed E-state index contributed by atoms with van der Waals surface area (Å²) in [5.41, 5.74) is 8.93. The Morgan fingerprint density at radius 3 is 2.43 bits per heavy atom. The van der Waals surface area contributed by atoms with Crippen LogP contribution in [0.15, 0.2) is 53.4 Å². The number of thioether (sulfide) groups is 1. The second-order valence-electron chi connectivity index (χ2n) is 5.20. The summed E-state index contributed by atoms with van der Waals surface area (Å²) in [5.74, 6) is 0.881. The minimum absolute atomic E-state index is 0.138. The molecular formula is C18H23NOS. The lowest BCUT2D eigenvalue weighted by molar-refractivity contribution is 0.414. The summed E-state index contributed by atoms with van der Waals surface area (Å²) in [5, 5.41) is 0.267. The van der Waals surface area contributed by atoms with E-state index in [0.717, 1.165) is 12.2 Å². The Labute approximate surface area is 131 Å². The fourth-order valence-corrected chi connectivity index (χ4v) is 3.50. The number of aryl methyl sites for hydroxylation is 1. The van der Waals surface area contributed by atoms with Crippen LogP contribution < -0.4 is 10.5 Å². The van der Waals surface area contributed by atoms with Crippen molar-refractivity contribution < 1.29 is 4.74 Å².